The van der Waals surface area contributed by atoms with Crippen LogP contribution in [0.4, 0.5) is 0 Å². The smallest absolute Gasteiger partial charge is 0.303 e. The predicted octanol–water partition coefficient (Wildman–Crippen LogP) is 1.30. The second-order valence-electron chi connectivity index (χ2n) is 5.84. The molecule has 20 heavy (non-hydrogen) atoms. The Morgan fingerprint density at radius 1 is 0.950 bits per heavy atom. The lowest BCUT2D eigenvalue weighted by Crippen LogP contribution is -2.41. The van der Waals surface area contributed by atoms with Gasteiger partial charge < -0.3 is 15.7 Å². The molecule has 0 fully saturated rings. The van der Waals surface area contributed by atoms with E-state index < -0.39 is 11.4 Å². The van der Waals surface area contributed by atoms with Gasteiger partial charge in [0.05, 0.1) is 6.54 Å². The quantitative estimate of drug-likeness (QED) is 0.557. The zero-order valence-electron chi connectivity index (χ0n) is 12.6. The van der Waals surface area contributed by atoms with Gasteiger partial charge in [-0.3, -0.25) is 14.4 Å². The molecule has 6 nitrogen and oxygen atoms in total. The van der Waals surface area contributed by atoms with Crippen molar-refractivity contribution >= 4 is 17.8 Å². The SMILES string of the molecule is CC(C)(C)C(=O)NCC(=O)NCCCCCCC(=O)O. The molecule has 0 aromatic rings. The number of aliphatic carboxylic acids is 1. The van der Waals surface area contributed by atoms with Crippen LogP contribution in [-0.2, 0) is 14.4 Å². The average Bonchev–Trinajstić information content (AvgIpc) is 2.33. The van der Waals surface area contributed by atoms with Gasteiger partial charge >= 0.3 is 5.97 Å². The van der Waals surface area contributed by atoms with Crippen molar-refractivity contribution in [1.82, 2.24) is 10.6 Å². The molecule has 0 atom stereocenters. The number of carboxylic acids is 1. The van der Waals surface area contributed by atoms with Gasteiger partial charge in [-0.2, -0.15) is 0 Å². The fourth-order valence-electron chi connectivity index (χ4n) is 1.47. The van der Waals surface area contributed by atoms with E-state index in [2.05, 4.69) is 10.6 Å². The number of carbonyl (C=O) groups is 3. The summed E-state index contributed by atoms with van der Waals surface area (Å²) in [5.41, 5.74) is -0.496. The average molecular weight is 286 g/mol. The van der Waals surface area contributed by atoms with Gasteiger partial charge in [0.25, 0.3) is 0 Å². The summed E-state index contributed by atoms with van der Waals surface area (Å²) in [5.74, 6) is -1.12. The van der Waals surface area contributed by atoms with Gasteiger partial charge in [0, 0.05) is 18.4 Å². The van der Waals surface area contributed by atoms with Gasteiger partial charge in [-0.1, -0.05) is 33.6 Å². The van der Waals surface area contributed by atoms with Crippen molar-refractivity contribution in [2.75, 3.05) is 13.1 Å². The van der Waals surface area contributed by atoms with E-state index in [4.69, 9.17) is 5.11 Å². The molecule has 3 N–H and O–H groups in total. The van der Waals surface area contributed by atoms with E-state index in [1.165, 1.54) is 0 Å². The molecule has 0 aromatic heterocycles. The van der Waals surface area contributed by atoms with Crippen LogP contribution in [0.15, 0.2) is 0 Å². The molecule has 0 saturated heterocycles. The summed E-state index contributed by atoms with van der Waals surface area (Å²) in [6.45, 7) is 5.92. The summed E-state index contributed by atoms with van der Waals surface area (Å²) in [4.78, 5) is 33.3. The third-order valence-electron chi connectivity index (χ3n) is 2.73. The zero-order valence-corrected chi connectivity index (χ0v) is 12.6. The van der Waals surface area contributed by atoms with Gasteiger partial charge in [-0.05, 0) is 12.8 Å². The Hall–Kier alpha value is -1.59. The highest BCUT2D eigenvalue weighted by molar-refractivity contribution is 5.87. The van der Waals surface area contributed by atoms with E-state index in [-0.39, 0.29) is 24.8 Å². The third-order valence-corrected chi connectivity index (χ3v) is 2.73. The first-order valence-electron chi connectivity index (χ1n) is 7.00. The number of unbranched alkanes of at least 4 members (excludes halogenated alkanes) is 3. The van der Waals surface area contributed by atoms with E-state index in [9.17, 15) is 14.4 Å². The van der Waals surface area contributed by atoms with Gasteiger partial charge in [-0.25, -0.2) is 0 Å². The van der Waals surface area contributed by atoms with Crippen molar-refractivity contribution < 1.29 is 19.5 Å². The Labute approximate surface area is 120 Å². The monoisotopic (exact) mass is 286 g/mol. The molecule has 0 aliphatic heterocycles. The molecule has 0 saturated carbocycles. The summed E-state index contributed by atoms with van der Waals surface area (Å²) < 4.78 is 0. The van der Waals surface area contributed by atoms with Crippen LogP contribution in [0.5, 0.6) is 0 Å². The number of nitrogens with one attached hydrogen (secondary N) is 2. The molecule has 0 spiro atoms. The second kappa shape index (κ2) is 9.34. The van der Waals surface area contributed by atoms with E-state index in [0.29, 0.717) is 13.0 Å². The fraction of sp³-hybridized carbons (Fsp3) is 0.786. The lowest BCUT2D eigenvalue weighted by Gasteiger charge is -2.17. The maximum Gasteiger partial charge on any atom is 0.303 e. The van der Waals surface area contributed by atoms with Crippen molar-refractivity contribution in [3.8, 4) is 0 Å². The largest absolute Gasteiger partial charge is 0.481 e. The van der Waals surface area contributed by atoms with E-state index in [1.807, 2.05) is 0 Å². The molecule has 0 radical (unpaired) electrons. The second-order valence-corrected chi connectivity index (χ2v) is 5.84. The maximum atomic E-state index is 11.5. The normalized spacial score (nSPS) is 10.9. The highest BCUT2D eigenvalue weighted by atomic mass is 16.4. The van der Waals surface area contributed by atoms with Crippen molar-refractivity contribution in [2.24, 2.45) is 5.41 Å². The number of carbonyl (C=O) groups excluding carboxylic acids is 2. The number of rotatable bonds is 9. The van der Waals surface area contributed by atoms with Gasteiger partial charge in [-0.15, -0.1) is 0 Å². The van der Waals surface area contributed by atoms with Crippen molar-refractivity contribution in [3.05, 3.63) is 0 Å². The zero-order chi connectivity index (χ0) is 15.6. The van der Waals surface area contributed by atoms with Crippen molar-refractivity contribution in [2.45, 2.75) is 52.9 Å². The molecule has 0 heterocycles. The lowest BCUT2D eigenvalue weighted by molar-refractivity contribution is -0.137. The molecule has 0 unspecified atom stereocenters. The summed E-state index contributed by atoms with van der Waals surface area (Å²) in [6.07, 6.45) is 3.43. The summed E-state index contributed by atoms with van der Waals surface area (Å²) >= 11 is 0. The van der Waals surface area contributed by atoms with E-state index in [0.717, 1.165) is 19.3 Å². The highest BCUT2D eigenvalue weighted by Gasteiger charge is 2.21. The molecule has 0 aromatic carbocycles. The standard InChI is InChI=1S/C14H26N2O4/c1-14(2,3)13(20)16-10-11(17)15-9-7-5-4-6-8-12(18)19/h4-10H2,1-3H3,(H,15,17)(H,16,20)(H,18,19). The van der Waals surface area contributed by atoms with Gasteiger partial charge in [0.1, 0.15) is 0 Å². The molecule has 6 heteroatoms. The van der Waals surface area contributed by atoms with Gasteiger partial charge in [0.15, 0.2) is 0 Å². The van der Waals surface area contributed by atoms with Gasteiger partial charge in [0.2, 0.25) is 11.8 Å². The first kappa shape index (κ1) is 18.4. The van der Waals surface area contributed by atoms with Crippen molar-refractivity contribution in [1.29, 1.82) is 0 Å². The fourth-order valence-corrected chi connectivity index (χ4v) is 1.47. The molecule has 0 aliphatic rings. The summed E-state index contributed by atoms with van der Waals surface area (Å²) in [5, 5.41) is 13.8. The number of hydrogen-bond acceptors (Lipinski definition) is 3. The number of amides is 2. The molecule has 116 valence electrons. The Morgan fingerprint density at radius 2 is 1.55 bits per heavy atom. The van der Waals surface area contributed by atoms with Crippen LogP contribution >= 0.6 is 0 Å². The Bertz CT molecular complexity index is 335. The minimum Gasteiger partial charge on any atom is -0.481 e. The predicted molar refractivity (Wildman–Crippen MR) is 76.2 cm³/mol. The summed E-state index contributed by atoms with van der Waals surface area (Å²) in [6, 6.07) is 0. The Balaban J connectivity index is 3.51. The van der Waals surface area contributed by atoms with Crippen LogP contribution < -0.4 is 10.6 Å². The van der Waals surface area contributed by atoms with Crippen molar-refractivity contribution in [3.63, 3.8) is 0 Å². The highest BCUT2D eigenvalue weighted by Crippen LogP contribution is 2.11. The molecule has 0 aliphatic carbocycles. The van der Waals surface area contributed by atoms with Crippen LogP contribution in [-0.4, -0.2) is 36.0 Å². The number of carboxylic acid groups (broad SMARTS) is 1. The summed E-state index contributed by atoms with van der Waals surface area (Å²) in [7, 11) is 0. The molecular formula is C14H26N2O4. The molecule has 2 amide bonds. The third kappa shape index (κ3) is 10.3. The lowest BCUT2D eigenvalue weighted by atomic mass is 9.96. The Morgan fingerprint density at radius 3 is 2.10 bits per heavy atom. The first-order chi connectivity index (χ1) is 9.23. The van der Waals surface area contributed by atoms with Crippen LogP contribution in [0.25, 0.3) is 0 Å². The Kier molecular flexibility index (Phi) is 8.59. The maximum absolute atomic E-state index is 11.5. The van der Waals surface area contributed by atoms with E-state index >= 15 is 0 Å². The van der Waals surface area contributed by atoms with Crippen LogP contribution in [0.2, 0.25) is 0 Å². The molecule has 0 rings (SSSR count). The van der Waals surface area contributed by atoms with Crippen LogP contribution in [0.1, 0.15) is 52.9 Å². The molecular weight excluding hydrogens is 260 g/mol. The molecule has 0 bridgehead atoms. The first-order valence-corrected chi connectivity index (χ1v) is 7.00. The van der Waals surface area contributed by atoms with Crippen LogP contribution in [0, 0.1) is 5.41 Å². The minimum absolute atomic E-state index is 0.00484. The van der Waals surface area contributed by atoms with E-state index in [1.54, 1.807) is 20.8 Å². The van der Waals surface area contributed by atoms with Crippen LogP contribution in [0.3, 0.4) is 0 Å². The topological polar surface area (TPSA) is 95.5 Å². The number of hydrogen-bond donors (Lipinski definition) is 3. The minimum atomic E-state index is -0.770.